The molecule has 0 aliphatic rings. The number of likely N-dealkylation sites (N-methyl/N-ethyl adjacent to an activating group) is 1. The van der Waals surface area contributed by atoms with Gasteiger partial charge in [0.1, 0.15) is 5.75 Å². The van der Waals surface area contributed by atoms with Crippen LogP contribution in [0.2, 0.25) is 0 Å². The number of rotatable bonds is 28. The lowest BCUT2D eigenvalue weighted by Gasteiger charge is -2.33. The van der Waals surface area contributed by atoms with E-state index >= 15 is 0 Å². The van der Waals surface area contributed by atoms with Gasteiger partial charge in [-0.05, 0) is 68.6 Å². The van der Waals surface area contributed by atoms with Crippen LogP contribution < -0.4 is 19.5 Å². The molecule has 0 fully saturated rings. The van der Waals surface area contributed by atoms with Gasteiger partial charge in [-0.15, -0.1) is 10.1 Å². The lowest BCUT2D eigenvalue weighted by Crippen LogP contribution is -2.46. The number of carbonyl (C=O) groups excluding carboxylic acids is 1. The van der Waals surface area contributed by atoms with Crippen LogP contribution in [0, 0.1) is 26.9 Å². The molecule has 1 amide bonds. The molecule has 0 aromatic heterocycles. The van der Waals surface area contributed by atoms with Crippen molar-refractivity contribution in [3.05, 3.63) is 63.7 Å². The fourth-order valence-electron chi connectivity index (χ4n) is 6.49. The van der Waals surface area contributed by atoms with Crippen LogP contribution in [0.1, 0.15) is 122 Å². The van der Waals surface area contributed by atoms with Gasteiger partial charge in [-0.3, -0.25) is 9.63 Å². The minimum Gasteiger partial charge on any atom is -0.493 e. The van der Waals surface area contributed by atoms with Crippen LogP contribution in [-0.4, -0.2) is 63.1 Å². The number of carbonyl (C=O) groups is 1. The number of nitrogens with one attached hydrogen (secondary N) is 1. The molecule has 2 rings (SSSR count). The molecule has 0 aliphatic carbocycles. The van der Waals surface area contributed by atoms with Crippen LogP contribution in [0.3, 0.4) is 0 Å². The number of benzene rings is 2. The Morgan fingerprint density at radius 2 is 1.52 bits per heavy atom. The lowest BCUT2D eigenvalue weighted by atomic mass is 9.74. The summed E-state index contributed by atoms with van der Waals surface area (Å²) in [6.07, 6.45) is 14.2. The van der Waals surface area contributed by atoms with Crippen LogP contribution in [0.15, 0.2) is 42.5 Å². The Kier molecular flexibility index (Phi) is 19.9. The van der Waals surface area contributed by atoms with E-state index in [1.54, 1.807) is 34.1 Å². The summed E-state index contributed by atoms with van der Waals surface area (Å²) in [5, 5.41) is 23.9. The molecule has 2 aromatic carbocycles. The molecule has 52 heavy (non-hydrogen) atoms. The Balaban J connectivity index is 2.07. The van der Waals surface area contributed by atoms with Gasteiger partial charge in [-0.2, -0.15) is 5.26 Å². The van der Waals surface area contributed by atoms with E-state index < -0.39 is 22.2 Å². The molecule has 0 radical (unpaired) electrons. The molecule has 11 heteroatoms. The maximum Gasteiger partial charge on any atom is 0.298 e. The van der Waals surface area contributed by atoms with E-state index in [-0.39, 0.29) is 12.5 Å². The second-order valence-corrected chi connectivity index (χ2v) is 14.6. The number of hydrogen-bond acceptors (Lipinski definition) is 9. The number of nitriles is 1. The highest BCUT2D eigenvalue weighted by atomic mass is 17.0. The molecule has 0 saturated heterocycles. The third-order valence-corrected chi connectivity index (χ3v) is 9.83. The van der Waals surface area contributed by atoms with E-state index in [4.69, 9.17) is 19.0 Å². The van der Waals surface area contributed by atoms with Crippen molar-refractivity contribution in [3.63, 3.8) is 0 Å². The highest BCUT2D eigenvalue weighted by molar-refractivity contribution is 5.72. The summed E-state index contributed by atoms with van der Waals surface area (Å²) >= 11 is 0. The summed E-state index contributed by atoms with van der Waals surface area (Å²) in [6.45, 7) is 8.76. The summed E-state index contributed by atoms with van der Waals surface area (Å²) in [7, 11) is 5.30. The molecular formula is C41H64N4O7. The van der Waals surface area contributed by atoms with E-state index in [9.17, 15) is 20.2 Å². The Hall–Kier alpha value is -4.04. The summed E-state index contributed by atoms with van der Waals surface area (Å²) in [4.78, 5) is 30.1. The molecule has 0 aliphatic heterocycles. The Labute approximate surface area is 312 Å². The topological polar surface area (TPSA) is 136 Å². The molecule has 2 unspecified atom stereocenters. The molecule has 0 bridgehead atoms. The Bertz CT molecular complexity index is 1400. The van der Waals surface area contributed by atoms with E-state index in [1.165, 1.54) is 58.3 Å². The van der Waals surface area contributed by atoms with Gasteiger partial charge >= 0.3 is 0 Å². The van der Waals surface area contributed by atoms with Gasteiger partial charge in [-0.25, -0.2) is 0 Å². The van der Waals surface area contributed by atoms with Gasteiger partial charge in [-0.1, -0.05) is 109 Å². The molecule has 2 atom stereocenters. The summed E-state index contributed by atoms with van der Waals surface area (Å²) < 4.78 is 17.2. The first-order valence-electron chi connectivity index (χ1n) is 19.0. The number of methoxy groups -OCH3 is 2. The first-order chi connectivity index (χ1) is 24.9. The van der Waals surface area contributed by atoms with Crippen LogP contribution in [0.25, 0.3) is 0 Å². The average Bonchev–Trinajstić information content (AvgIpc) is 3.13. The smallest absolute Gasteiger partial charge is 0.298 e. The van der Waals surface area contributed by atoms with E-state index in [0.717, 1.165) is 43.4 Å². The normalized spacial score (nSPS) is 13.1. The lowest BCUT2D eigenvalue weighted by molar-refractivity contribution is -0.782. The van der Waals surface area contributed by atoms with Gasteiger partial charge < -0.3 is 24.4 Å². The second-order valence-electron chi connectivity index (χ2n) is 14.6. The number of hydrogen-bond donors (Lipinski definition) is 1. The van der Waals surface area contributed by atoms with Crippen molar-refractivity contribution < 1.29 is 28.9 Å². The Morgan fingerprint density at radius 1 is 0.904 bits per heavy atom. The summed E-state index contributed by atoms with van der Waals surface area (Å²) in [6, 6.07) is 16.0. The number of unbranched alkanes of at least 4 members (excludes halogenated alkanes) is 9. The number of amides is 1. The molecular weight excluding hydrogens is 660 g/mol. The van der Waals surface area contributed by atoms with Crippen molar-refractivity contribution in [2.24, 2.45) is 5.41 Å². The Morgan fingerprint density at radius 3 is 2.12 bits per heavy atom. The third kappa shape index (κ3) is 15.3. The SMILES string of the molecule is CCCCCCCCCCCCC(C#N)(CCCN(C)CCc1ccccc1OC(O[N+](=O)[O-])C(C)(C)CNC(C)=O)c1ccc(OC)c(OC)c1. The number of nitrogens with zero attached hydrogens (tertiary/aromatic N) is 3. The molecule has 0 saturated carbocycles. The van der Waals surface area contributed by atoms with Crippen LogP contribution in [0.5, 0.6) is 17.2 Å². The van der Waals surface area contributed by atoms with E-state index in [1.807, 2.05) is 36.4 Å². The first-order valence-corrected chi connectivity index (χ1v) is 19.0. The quantitative estimate of drug-likeness (QED) is 0.0395. The first kappa shape index (κ1) is 44.1. The standard InChI is InChI=1S/C41H64N4O7/c1-8-9-10-11-12-13-14-15-16-19-26-41(31-42,35-23-24-37(49-6)38(30-35)50-7)27-20-28-44(5)29-25-34-21-17-18-22-36(34)51-39(52-45(47)48)40(3,4)32-43-33(2)46/h17-18,21-24,30,39H,8-16,19-20,25-29,32H2,1-7H3,(H,43,46). The van der Waals surface area contributed by atoms with Gasteiger partial charge in [0.25, 0.3) is 11.4 Å². The third-order valence-electron chi connectivity index (χ3n) is 9.83. The monoisotopic (exact) mass is 724 g/mol. The second kappa shape index (κ2) is 23.5. The number of para-hydroxylation sites is 1. The fourth-order valence-corrected chi connectivity index (χ4v) is 6.49. The van der Waals surface area contributed by atoms with Gasteiger partial charge in [0.05, 0.1) is 25.7 Å². The predicted molar refractivity (Wildman–Crippen MR) is 205 cm³/mol. The number of ether oxygens (including phenoxy) is 3. The van der Waals surface area contributed by atoms with Gasteiger partial charge in [0.15, 0.2) is 11.5 Å². The zero-order valence-electron chi connectivity index (χ0n) is 32.8. The average molecular weight is 725 g/mol. The summed E-state index contributed by atoms with van der Waals surface area (Å²) in [5.74, 6) is 1.52. The predicted octanol–water partition coefficient (Wildman–Crippen LogP) is 8.81. The minimum atomic E-state index is -1.24. The highest BCUT2D eigenvalue weighted by Crippen LogP contribution is 2.39. The van der Waals surface area contributed by atoms with Crippen molar-refractivity contribution in [2.45, 2.75) is 129 Å². The molecule has 0 spiro atoms. The minimum absolute atomic E-state index is 0.137. The van der Waals surface area contributed by atoms with Crippen LogP contribution in [0.4, 0.5) is 0 Å². The van der Waals surface area contributed by atoms with Crippen LogP contribution >= 0.6 is 0 Å². The maximum atomic E-state index is 11.5. The van der Waals surface area contributed by atoms with Gasteiger partial charge in [0.2, 0.25) is 5.91 Å². The zero-order chi connectivity index (χ0) is 38.4. The molecule has 290 valence electrons. The summed E-state index contributed by atoms with van der Waals surface area (Å²) in [5.41, 5.74) is 0.318. The van der Waals surface area contributed by atoms with Crippen molar-refractivity contribution in [1.29, 1.82) is 5.26 Å². The van der Waals surface area contributed by atoms with Crippen LogP contribution in [-0.2, 0) is 21.5 Å². The maximum absolute atomic E-state index is 11.5. The van der Waals surface area contributed by atoms with Crippen molar-refractivity contribution in [2.75, 3.05) is 40.9 Å². The molecule has 11 nitrogen and oxygen atoms in total. The van der Waals surface area contributed by atoms with Crippen molar-refractivity contribution in [3.8, 4) is 23.3 Å². The molecule has 2 aromatic rings. The zero-order valence-corrected chi connectivity index (χ0v) is 32.8. The van der Waals surface area contributed by atoms with Gasteiger partial charge in [0, 0.05) is 25.4 Å². The molecule has 1 N–H and O–H groups in total. The fraction of sp³-hybridized carbons (Fsp3) is 0.659. The highest BCUT2D eigenvalue weighted by Gasteiger charge is 2.36. The van der Waals surface area contributed by atoms with E-state index in [0.29, 0.717) is 36.6 Å². The molecule has 0 heterocycles. The van der Waals surface area contributed by atoms with Crippen molar-refractivity contribution in [1.82, 2.24) is 10.2 Å². The van der Waals surface area contributed by atoms with E-state index in [2.05, 4.69) is 30.3 Å². The van der Waals surface area contributed by atoms with Crippen molar-refractivity contribution >= 4 is 5.91 Å². The largest absolute Gasteiger partial charge is 0.493 e.